The van der Waals surface area contributed by atoms with Crippen molar-refractivity contribution >= 4 is 5.91 Å². The van der Waals surface area contributed by atoms with E-state index in [-0.39, 0.29) is 11.4 Å². The summed E-state index contributed by atoms with van der Waals surface area (Å²) >= 11 is 0. The Morgan fingerprint density at radius 3 is 2.07 bits per heavy atom. The van der Waals surface area contributed by atoms with Crippen LogP contribution in [0.5, 0.6) is 0 Å². The summed E-state index contributed by atoms with van der Waals surface area (Å²) in [5.74, 6) is 0.0335. The Balaban J connectivity index is 4.10. The van der Waals surface area contributed by atoms with E-state index in [0.29, 0.717) is 19.6 Å². The molecule has 1 amide bonds. The Morgan fingerprint density at radius 1 is 1.27 bits per heavy atom. The van der Waals surface area contributed by atoms with Crippen LogP contribution in [0.1, 0.15) is 20.8 Å². The maximum atomic E-state index is 11.6. The van der Waals surface area contributed by atoms with E-state index in [4.69, 9.17) is 0 Å². The van der Waals surface area contributed by atoms with Crippen LogP contribution in [0.3, 0.4) is 0 Å². The van der Waals surface area contributed by atoms with Gasteiger partial charge in [0.2, 0.25) is 5.91 Å². The van der Waals surface area contributed by atoms with Crippen LogP contribution in [0, 0.1) is 0 Å². The van der Waals surface area contributed by atoms with Gasteiger partial charge in [-0.2, -0.15) is 0 Å². The summed E-state index contributed by atoms with van der Waals surface area (Å²) < 4.78 is 0. The van der Waals surface area contributed by atoms with Gasteiger partial charge < -0.3 is 5.32 Å². The van der Waals surface area contributed by atoms with Gasteiger partial charge in [0.15, 0.2) is 0 Å². The van der Waals surface area contributed by atoms with E-state index in [1.54, 1.807) is 12.2 Å². The van der Waals surface area contributed by atoms with Crippen molar-refractivity contribution in [3.05, 3.63) is 25.3 Å². The predicted molar refractivity (Wildman–Crippen MR) is 64.7 cm³/mol. The largest absolute Gasteiger partial charge is 0.350 e. The van der Waals surface area contributed by atoms with E-state index in [9.17, 15) is 4.79 Å². The molecule has 0 aromatic rings. The Hall–Kier alpha value is -1.09. The quantitative estimate of drug-likeness (QED) is 0.675. The average Bonchev–Trinajstić information content (AvgIpc) is 2.00. The van der Waals surface area contributed by atoms with Gasteiger partial charge in [-0.05, 0) is 20.8 Å². The molecular formula is C12H22N2O. The molecule has 0 spiro atoms. The van der Waals surface area contributed by atoms with Crippen LogP contribution in [0.2, 0.25) is 0 Å². The molecule has 0 fully saturated rings. The van der Waals surface area contributed by atoms with Gasteiger partial charge >= 0.3 is 0 Å². The standard InChI is InChI=1S/C12H22N2O/c1-6-8-14(9-7-2)10-11(15)13-12(3,4)5/h6-7H,1-2,8-10H2,3-5H3,(H,13,15). The highest BCUT2D eigenvalue weighted by Crippen LogP contribution is 1.98. The lowest BCUT2D eigenvalue weighted by molar-refractivity contribution is -0.123. The van der Waals surface area contributed by atoms with Crippen molar-refractivity contribution in [3.63, 3.8) is 0 Å². The second-order valence-electron chi connectivity index (χ2n) is 4.57. The van der Waals surface area contributed by atoms with Gasteiger partial charge in [0.05, 0.1) is 6.54 Å². The molecule has 86 valence electrons. The van der Waals surface area contributed by atoms with Crippen molar-refractivity contribution < 1.29 is 4.79 Å². The molecule has 0 heterocycles. The summed E-state index contributed by atoms with van der Waals surface area (Å²) in [7, 11) is 0. The average molecular weight is 210 g/mol. The van der Waals surface area contributed by atoms with Gasteiger partial charge in [-0.1, -0.05) is 12.2 Å². The second kappa shape index (κ2) is 6.40. The first kappa shape index (κ1) is 13.9. The van der Waals surface area contributed by atoms with Gasteiger partial charge in [0.25, 0.3) is 0 Å². The number of nitrogens with one attached hydrogen (secondary N) is 1. The topological polar surface area (TPSA) is 32.3 Å². The molecule has 3 nitrogen and oxygen atoms in total. The third kappa shape index (κ3) is 7.94. The molecule has 0 bridgehead atoms. The van der Waals surface area contributed by atoms with Gasteiger partial charge in [-0.25, -0.2) is 0 Å². The lowest BCUT2D eigenvalue weighted by Crippen LogP contribution is -2.46. The normalized spacial score (nSPS) is 11.2. The third-order valence-electron chi connectivity index (χ3n) is 1.66. The van der Waals surface area contributed by atoms with Crippen LogP contribution < -0.4 is 5.32 Å². The highest BCUT2D eigenvalue weighted by molar-refractivity contribution is 5.78. The summed E-state index contributed by atoms with van der Waals surface area (Å²) in [6, 6.07) is 0. The fourth-order valence-electron chi connectivity index (χ4n) is 1.23. The molecule has 0 saturated heterocycles. The van der Waals surface area contributed by atoms with Crippen molar-refractivity contribution in [1.82, 2.24) is 10.2 Å². The Kier molecular flexibility index (Phi) is 5.94. The van der Waals surface area contributed by atoms with E-state index in [0.717, 1.165) is 0 Å². The molecule has 0 aliphatic heterocycles. The van der Waals surface area contributed by atoms with Gasteiger partial charge in [0.1, 0.15) is 0 Å². The smallest absolute Gasteiger partial charge is 0.234 e. The fourth-order valence-corrected chi connectivity index (χ4v) is 1.23. The minimum absolute atomic E-state index is 0.0335. The number of carbonyl (C=O) groups is 1. The summed E-state index contributed by atoms with van der Waals surface area (Å²) in [5.41, 5.74) is -0.175. The van der Waals surface area contributed by atoms with Gasteiger partial charge in [-0.15, -0.1) is 13.2 Å². The number of hydrogen-bond donors (Lipinski definition) is 1. The van der Waals surface area contributed by atoms with Crippen molar-refractivity contribution in [2.75, 3.05) is 19.6 Å². The number of amides is 1. The third-order valence-corrected chi connectivity index (χ3v) is 1.66. The lowest BCUT2D eigenvalue weighted by atomic mass is 10.1. The van der Waals surface area contributed by atoms with Crippen molar-refractivity contribution in [1.29, 1.82) is 0 Å². The number of rotatable bonds is 6. The van der Waals surface area contributed by atoms with Crippen molar-refractivity contribution in [2.24, 2.45) is 0 Å². The van der Waals surface area contributed by atoms with Crippen LogP contribution in [0.4, 0.5) is 0 Å². The molecule has 0 aromatic heterocycles. The van der Waals surface area contributed by atoms with Crippen LogP contribution in [-0.4, -0.2) is 36.0 Å². The second-order valence-corrected chi connectivity index (χ2v) is 4.57. The molecule has 15 heavy (non-hydrogen) atoms. The van der Waals surface area contributed by atoms with Gasteiger partial charge in [-0.3, -0.25) is 9.69 Å². The maximum Gasteiger partial charge on any atom is 0.234 e. The summed E-state index contributed by atoms with van der Waals surface area (Å²) in [6.07, 6.45) is 3.57. The number of carbonyl (C=O) groups excluding carboxylic acids is 1. The van der Waals surface area contributed by atoms with E-state index < -0.39 is 0 Å². The monoisotopic (exact) mass is 210 g/mol. The zero-order chi connectivity index (χ0) is 11.9. The molecule has 3 heteroatoms. The van der Waals surface area contributed by atoms with Crippen LogP contribution in [0.25, 0.3) is 0 Å². The molecule has 0 atom stereocenters. The van der Waals surface area contributed by atoms with E-state index >= 15 is 0 Å². The summed E-state index contributed by atoms with van der Waals surface area (Å²) in [4.78, 5) is 13.6. The highest BCUT2D eigenvalue weighted by atomic mass is 16.2. The molecule has 0 aromatic carbocycles. The first-order valence-electron chi connectivity index (χ1n) is 5.14. The first-order chi connectivity index (χ1) is 6.89. The molecule has 0 aliphatic rings. The Morgan fingerprint density at radius 2 is 1.73 bits per heavy atom. The summed E-state index contributed by atoms with van der Waals surface area (Å²) in [5, 5.41) is 2.92. The molecule has 1 N–H and O–H groups in total. The molecule has 0 radical (unpaired) electrons. The van der Waals surface area contributed by atoms with Gasteiger partial charge in [0, 0.05) is 18.6 Å². The molecule has 0 unspecified atom stereocenters. The number of nitrogens with zero attached hydrogens (tertiary/aromatic N) is 1. The van der Waals surface area contributed by atoms with Crippen molar-refractivity contribution in [2.45, 2.75) is 26.3 Å². The fraction of sp³-hybridized carbons (Fsp3) is 0.583. The summed E-state index contributed by atoms with van der Waals surface area (Å²) in [6.45, 7) is 15.0. The minimum atomic E-state index is -0.175. The SMILES string of the molecule is C=CCN(CC=C)CC(=O)NC(C)(C)C. The highest BCUT2D eigenvalue weighted by Gasteiger charge is 2.15. The minimum Gasteiger partial charge on any atom is -0.350 e. The predicted octanol–water partition coefficient (Wildman–Crippen LogP) is 1.58. The van der Waals surface area contributed by atoms with Crippen LogP contribution >= 0.6 is 0 Å². The van der Waals surface area contributed by atoms with E-state index in [1.807, 2.05) is 25.7 Å². The maximum absolute atomic E-state index is 11.6. The first-order valence-corrected chi connectivity index (χ1v) is 5.14. The number of hydrogen-bond acceptors (Lipinski definition) is 2. The molecule has 0 aliphatic carbocycles. The van der Waals surface area contributed by atoms with Crippen molar-refractivity contribution in [3.8, 4) is 0 Å². The zero-order valence-electron chi connectivity index (χ0n) is 10.0. The van der Waals surface area contributed by atoms with Crippen LogP contribution in [-0.2, 0) is 4.79 Å². The molecule has 0 saturated carbocycles. The zero-order valence-corrected chi connectivity index (χ0v) is 10.0. The lowest BCUT2D eigenvalue weighted by Gasteiger charge is -2.24. The van der Waals surface area contributed by atoms with E-state index in [1.165, 1.54) is 0 Å². The van der Waals surface area contributed by atoms with E-state index in [2.05, 4.69) is 18.5 Å². The Bertz CT molecular complexity index is 218. The van der Waals surface area contributed by atoms with Crippen LogP contribution in [0.15, 0.2) is 25.3 Å². The molecular weight excluding hydrogens is 188 g/mol. The molecule has 0 rings (SSSR count). The Labute approximate surface area is 92.8 Å².